The van der Waals surface area contributed by atoms with Crippen LogP contribution in [-0.2, 0) is 4.79 Å². The lowest BCUT2D eigenvalue weighted by molar-refractivity contribution is -0.154. The Kier molecular flexibility index (Phi) is 6.16. The summed E-state index contributed by atoms with van der Waals surface area (Å²) in [6.45, 7) is 6.31. The molecule has 0 aromatic carbocycles. The molecule has 0 aliphatic carbocycles. The monoisotopic (exact) mass is 253 g/mol. The Bertz CT molecular complexity index is 234. The summed E-state index contributed by atoms with van der Waals surface area (Å²) < 4.78 is 37.3. The van der Waals surface area contributed by atoms with E-state index in [4.69, 9.17) is 0 Å². The van der Waals surface area contributed by atoms with Gasteiger partial charge in [-0.3, -0.25) is 4.90 Å². The highest BCUT2D eigenvalue weighted by Crippen LogP contribution is 2.28. The first-order valence-electron chi connectivity index (χ1n) is 5.97. The second-order valence-corrected chi connectivity index (χ2v) is 4.80. The molecular weight excluding hydrogens is 231 g/mol. The zero-order valence-electron chi connectivity index (χ0n) is 11.0. The van der Waals surface area contributed by atoms with Gasteiger partial charge in [-0.2, -0.15) is 13.2 Å². The molecule has 0 aromatic rings. The molecule has 0 radical (unpaired) electrons. The molecule has 0 amide bonds. The van der Waals surface area contributed by atoms with E-state index in [1.54, 1.807) is 13.8 Å². The summed E-state index contributed by atoms with van der Waals surface area (Å²) >= 11 is 0. The Morgan fingerprint density at radius 2 is 1.59 bits per heavy atom. The molecule has 2 nitrogen and oxygen atoms in total. The highest BCUT2D eigenvalue weighted by molar-refractivity contribution is 5.59. The molecule has 0 fully saturated rings. The summed E-state index contributed by atoms with van der Waals surface area (Å²) in [4.78, 5) is 12.4. The molecule has 0 heterocycles. The number of carbonyl (C=O) groups excluding carboxylic acids is 1. The van der Waals surface area contributed by atoms with Gasteiger partial charge in [0.2, 0.25) is 0 Å². The molecule has 102 valence electrons. The molecule has 0 atom stereocenters. The SMILES string of the molecule is CCC(C=O)(CC)CN(CC(F)(F)F)C(C)C. The summed E-state index contributed by atoms with van der Waals surface area (Å²) in [5, 5.41) is 0. The van der Waals surface area contributed by atoms with E-state index in [-0.39, 0.29) is 12.6 Å². The number of hydrogen-bond donors (Lipinski definition) is 0. The first kappa shape index (κ1) is 16.4. The van der Waals surface area contributed by atoms with Crippen molar-refractivity contribution in [2.24, 2.45) is 5.41 Å². The predicted molar refractivity (Wildman–Crippen MR) is 61.8 cm³/mol. The van der Waals surface area contributed by atoms with Gasteiger partial charge in [-0.05, 0) is 26.7 Å². The molecule has 0 aromatic heterocycles. The van der Waals surface area contributed by atoms with E-state index in [0.717, 1.165) is 6.29 Å². The van der Waals surface area contributed by atoms with Gasteiger partial charge in [-0.1, -0.05) is 13.8 Å². The predicted octanol–water partition coefficient (Wildman–Crippen LogP) is 3.26. The Labute approximate surface area is 101 Å². The van der Waals surface area contributed by atoms with E-state index in [1.165, 1.54) is 4.90 Å². The van der Waals surface area contributed by atoms with Crippen LogP contribution in [0.2, 0.25) is 0 Å². The summed E-state index contributed by atoms with van der Waals surface area (Å²) in [6.07, 6.45) is -2.29. The van der Waals surface area contributed by atoms with Crippen molar-refractivity contribution in [2.45, 2.75) is 52.8 Å². The zero-order valence-corrected chi connectivity index (χ0v) is 11.0. The topological polar surface area (TPSA) is 20.3 Å². The minimum Gasteiger partial charge on any atom is -0.303 e. The van der Waals surface area contributed by atoms with Crippen molar-refractivity contribution in [1.29, 1.82) is 0 Å². The third-order valence-corrected chi connectivity index (χ3v) is 3.29. The maximum atomic E-state index is 12.4. The summed E-state index contributed by atoms with van der Waals surface area (Å²) in [7, 11) is 0. The van der Waals surface area contributed by atoms with Crippen LogP contribution in [0.5, 0.6) is 0 Å². The van der Waals surface area contributed by atoms with Gasteiger partial charge in [0.25, 0.3) is 0 Å². The van der Waals surface area contributed by atoms with Crippen LogP contribution in [0.25, 0.3) is 0 Å². The van der Waals surface area contributed by atoms with Gasteiger partial charge in [0.15, 0.2) is 0 Å². The van der Waals surface area contributed by atoms with Crippen molar-refractivity contribution in [3.63, 3.8) is 0 Å². The molecule has 17 heavy (non-hydrogen) atoms. The lowest BCUT2D eigenvalue weighted by atomic mass is 9.83. The van der Waals surface area contributed by atoms with Gasteiger partial charge in [0.05, 0.1) is 6.54 Å². The van der Waals surface area contributed by atoms with Crippen LogP contribution in [0.15, 0.2) is 0 Å². The largest absolute Gasteiger partial charge is 0.401 e. The van der Waals surface area contributed by atoms with Crippen LogP contribution < -0.4 is 0 Å². The van der Waals surface area contributed by atoms with Crippen LogP contribution in [-0.4, -0.2) is 36.5 Å². The number of hydrogen-bond acceptors (Lipinski definition) is 2. The minimum absolute atomic E-state index is 0.167. The second kappa shape index (κ2) is 6.38. The molecule has 0 saturated heterocycles. The van der Waals surface area contributed by atoms with Crippen molar-refractivity contribution in [2.75, 3.05) is 13.1 Å². The molecule has 0 aliphatic heterocycles. The van der Waals surface area contributed by atoms with Gasteiger partial charge >= 0.3 is 6.18 Å². The molecular formula is C12H22F3NO. The second-order valence-electron chi connectivity index (χ2n) is 4.80. The smallest absolute Gasteiger partial charge is 0.303 e. The zero-order chi connectivity index (χ0) is 13.7. The lowest BCUT2D eigenvalue weighted by Crippen LogP contribution is -2.46. The van der Waals surface area contributed by atoms with Crippen LogP contribution in [0, 0.1) is 5.41 Å². The minimum atomic E-state index is -4.22. The third kappa shape index (κ3) is 5.52. The number of alkyl halides is 3. The first-order chi connectivity index (χ1) is 7.69. The van der Waals surface area contributed by atoms with Gasteiger partial charge in [0.1, 0.15) is 6.29 Å². The van der Waals surface area contributed by atoms with Crippen LogP contribution in [0.4, 0.5) is 13.2 Å². The molecule has 0 rings (SSSR count). The molecule has 0 saturated carbocycles. The third-order valence-electron chi connectivity index (χ3n) is 3.29. The average Bonchev–Trinajstić information content (AvgIpc) is 2.23. The maximum absolute atomic E-state index is 12.4. The van der Waals surface area contributed by atoms with E-state index in [9.17, 15) is 18.0 Å². The van der Waals surface area contributed by atoms with Gasteiger partial charge < -0.3 is 4.79 Å². The summed E-state index contributed by atoms with van der Waals surface area (Å²) in [6, 6.07) is -0.228. The highest BCUT2D eigenvalue weighted by Gasteiger charge is 2.36. The fraction of sp³-hybridized carbons (Fsp3) is 0.917. The highest BCUT2D eigenvalue weighted by atomic mass is 19.4. The standard InChI is InChI=1S/C12H22F3NO/c1-5-11(6-2,9-17)7-16(10(3)4)8-12(13,14)15/h9-10H,5-8H2,1-4H3. The van der Waals surface area contributed by atoms with Crippen molar-refractivity contribution in [3.05, 3.63) is 0 Å². The van der Waals surface area contributed by atoms with Crippen molar-refractivity contribution >= 4 is 6.29 Å². The summed E-state index contributed by atoms with van der Waals surface area (Å²) in [5.41, 5.74) is -0.657. The quantitative estimate of drug-likeness (QED) is 0.649. The molecule has 5 heteroatoms. The molecule has 0 unspecified atom stereocenters. The van der Waals surface area contributed by atoms with E-state index in [1.807, 2.05) is 13.8 Å². The van der Waals surface area contributed by atoms with E-state index in [2.05, 4.69) is 0 Å². The van der Waals surface area contributed by atoms with Crippen molar-refractivity contribution < 1.29 is 18.0 Å². The lowest BCUT2D eigenvalue weighted by Gasteiger charge is -2.35. The number of halogens is 3. The Morgan fingerprint density at radius 3 is 1.82 bits per heavy atom. The Hall–Kier alpha value is -0.580. The number of aldehydes is 1. The summed E-state index contributed by atoms with van der Waals surface area (Å²) in [5.74, 6) is 0. The van der Waals surface area contributed by atoms with Crippen molar-refractivity contribution in [3.8, 4) is 0 Å². The Morgan fingerprint density at radius 1 is 1.12 bits per heavy atom. The first-order valence-corrected chi connectivity index (χ1v) is 5.97. The van der Waals surface area contributed by atoms with E-state index < -0.39 is 18.1 Å². The molecule has 0 N–H and O–H groups in total. The Balaban J connectivity index is 4.79. The normalized spacial score (nSPS) is 13.5. The van der Waals surface area contributed by atoms with Gasteiger partial charge in [0, 0.05) is 18.0 Å². The number of carbonyl (C=O) groups is 1. The number of nitrogens with zero attached hydrogens (tertiary/aromatic N) is 1. The van der Waals surface area contributed by atoms with E-state index in [0.29, 0.717) is 12.8 Å². The van der Waals surface area contributed by atoms with Crippen LogP contribution in [0.1, 0.15) is 40.5 Å². The van der Waals surface area contributed by atoms with Gasteiger partial charge in [-0.25, -0.2) is 0 Å². The van der Waals surface area contributed by atoms with Crippen LogP contribution >= 0.6 is 0 Å². The van der Waals surface area contributed by atoms with Gasteiger partial charge in [-0.15, -0.1) is 0 Å². The van der Waals surface area contributed by atoms with Crippen LogP contribution in [0.3, 0.4) is 0 Å². The molecule has 0 aliphatic rings. The average molecular weight is 253 g/mol. The number of rotatable bonds is 7. The maximum Gasteiger partial charge on any atom is 0.401 e. The molecule has 0 spiro atoms. The van der Waals surface area contributed by atoms with Crippen molar-refractivity contribution in [1.82, 2.24) is 4.90 Å². The molecule has 0 bridgehead atoms. The fourth-order valence-electron chi connectivity index (χ4n) is 1.73. The fourth-order valence-corrected chi connectivity index (χ4v) is 1.73. The van der Waals surface area contributed by atoms with E-state index >= 15 is 0 Å².